The second kappa shape index (κ2) is 15.2. The number of benzene rings is 1. The van der Waals surface area contributed by atoms with Crippen LogP contribution in [0.15, 0.2) is 42.7 Å². The molecule has 2 unspecified atom stereocenters. The smallest absolute Gasteiger partial charge is 0.303 e. The average molecular weight is 686 g/mol. The molecule has 3 fully saturated rings. The highest BCUT2D eigenvalue weighted by Gasteiger charge is 2.37. The molecule has 0 spiro atoms. The number of hydrogen-bond acceptors (Lipinski definition) is 9. The number of aliphatic hydroxyl groups excluding tert-OH is 1. The van der Waals surface area contributed by atoms with Gasteiger partial charge in [-0.15, -0.1) is 24.8 Å². The van der Waals surface area contributed by atoms with E-state index >= 15 is 0 Å². The molecule has 14 heteroatoms. The Balaban J connectivity index is 0.00000221. The van der Waals surface area contributed by atoms with Crippen LogP contribution >= 0.6 is 48.0 Å². The number of piperidine rings is 1. The summed E-state index contributed by atoms with van der Waals surface area (Å²) >= 11 is 12.6. The molecule has 3 aromatic rings. The molecule has 5 heterocycles. The first-order valence-corrected chi connectivity index (χ1v) is 15.1. The summed E-state index contributed by atoms with van der Waals surface area (Å²) in [5, 5.41) is 20.5. The average Bonchev–Trinajstić information content (AvgIpc) is 3.33. The molecule has 2 N–H and O–H groups in total. The zero-order valence-electron chi connectivity index (χ0n) is 24.0. The van der Waals surface area contributed by atoms with Crippen molar-refractivity contribution in [3.05, 3.63) is 58.3 Å². The van der Waals surface area contributed by atoms with Crippen molar-refractivity contribution in [3.8, 4) is 22.9 Å². The molecular weight excluding hydrogens is 650 g/mol. The Hall–Kier alpha value is -2.44. The summed E-state index contributed by atoms with van der Waals surface area (Å²) in [6.45, 7) is 5.66. The summed E-state index contributed by atoms with van der Waals surface area (Å²) in [6.07, 6.45) is 5.74. The molecule has 238 valence electrons. The third kappa shape index (κ3) is 8.42. The number of aliphatic carboxylic acids is 1. The molecule has 3 saturated heterocycles. The number of piperazine rings is 1. The summed E-state index contributed by atoms with van der Waals surface area (Å²) < 4.78 is 6.17. The number of aliphatic hydroxyl groups is 1. The Labute approximate surface area is 279 Å². The molecule has 1 aromatic carbocycles. The van der Waals surface area contributed by atoms with Gasteiger partial charge in [0.1, 0.15) is 0 Å². The second-order valence-corrected chi connectivity index (χ2v) is 12.3. The van der Waals surface area contributed by atoms with E-state index in [2.05, 4.69) is 24.7 Å². The molecular formula is C30H36Cl4N6O4. The Morgan fingerprint density at radius 2 is 1.64 bits per heavy atom. The highest BCUT2D eigenvalue weighted by atomic mass is 35.5. The van der Waals surface area contributed by atoms with Crippen LogP contribution in [0.3, 0.4) is 0 Å². The van der Waals surface area contributed by atoms with Crippen LogP contribution in [-0.4, -0.2) is 92.3 Å². The first-order valence-electron chi connectivity index (χ1n) is 14.4. The van der Waals surface area contributed by atoms with E-state index in [0.29, 0.717) is 46.4 Å². The number of ether oxygens (including phenoxy) is 1. The largest absolute Gasteiger partial charge is 0.481 e. The van der Waals surface area contributed by atoms with Gasteiger partial charge in [0.05, 0.1) is 30.2 Å². The summed E-state index contributed by atoms with van der Waals surface area (Å²) in [5.74, 6) is 0.963. The van der Waals surface area contributed by atoms with E-state index < -0.39 is 5.97 Å². The molecule has 44 heavy (non-hydrogen) atoms. The van der Waals surface area contributed by atoms with Crippen molar-refractivity contribution < 1.29 is 19.7 Å². The SMILES string of the molecule is Cl.Cl.O=C(O)CC1CCN(Cc2cc(Oc3cnc(N4CCN5CCC(O)C5C4)nc3)nc(-c3cc(Cl)cc(Cl)c3)c2)CC1. The standard InChI is InChI=1S/C30H34Cl2N6O4.2ClH/c31-22-12-21(13-23(32)14-22)25-9-20(17-36-4-1-19(2-5-36)11-29(40)41)10-28(35-25)42-24-15-33-30(34-16-24)38-8-7-37-6-3-27(39)26(37)18-38;;/h9-10,12-16,19,26-27,39H,1-8,11,17-18H2,(H,40,41);2*1H. The maximum atomic E-state index is 11.1. The molecule has 0 saturated carbocycles. The molecule has 0 radical (unpaired) electrons. The van der Waals surface area contributed by atoms with Crippen molar-refractivity contribution in [2.24, 2.45) is 5.92 Å². The first kappa shape index (κ1) is 34.4. The molecule has 3 aliphatic heterocycles. The monoisotopic (exact) mass is 684 g/mol. The van der Waals surface area contributed by atoms with Crippen molar-refractivity contribution in [3.63, 3.8) is 0 Å². The fourth-order valence-electron chi connectivity index (χ4n) is 6.21. The van der Waals surface area contributed by atoms with Gasteiger partial charge in [0.25, 0.3) is 0 Å². The van der Waals surface area contributed by atoms with Crippen LogP contribution in [0, 0.1) is 5.92 Å². The number of fused-ring (bicyclic) bond motifs is 1. The third-order valence-corrected chi connectivity index (χ3v) is 8.84. The van der Waals surface area contributed by atoms with Crippen molar-refractivity contribution >= 4 is 59.9 Å². The number of carboxylic acids is 1. The maximum absolute atomic E-state index is 11.1. The lowest BCUT2D eigenvalue weighted by Gasteiger charge is -2.38. The number of halogens is 4. The number of hydrogen-bond donors (Lipinski definition) is 2. The minimum absolute atomic E-state index is 0. The molecule has 10 nitrogen and oxygen atoms in total. The quantitative estimate of drug-likeness (QED) is 0.318. The van der Waals surface area contributed by atoms with E-state index in [4.69, 9.17) is 38.0 Å². The fourth-order valence-corrected chi connectivity index (χ4v) is 6.74. The highest BCUT2D eigenvalue weighted by Crippen LogP contribution is 2.31. The lowest BCUT2D eigenvalue weighted by atomic mass is 9.93. The van der Waals surface area contributed by atoms with Crippen LogP contribution in [0.1, 0.15) is 31.2 Å². The van der Waals surface area contributed by atoms with Crippen LogP contribution in [0.2, 0.25) is 10.0 Å². The first-order chi connectivity index (χ1) is 20.3. The number of aromatic nitrogens is 3. The Morgan fingerprint density at radius 1 is 0.932 bits per heavy atom. The van der Waals surface area contributed by atoms with Gasteiger partial charge in [-0.3, -0.25) is 14.6 Å². The fraction of sp³-hybridized carbons (Fsp3) is 0.467. The van der Waals surface area contributed by atoms with Gasteiger partial charge in [-0.1, -0.05) is 23.2 Å². The van der Waals surface area contributed by atoms with Gasteiger partial charge in [0.2, 0.25) is 11.8 Å². The number of rotatable bonds is 8. The van der Waals surface area contributed by atoms with Gasteiger partial charge in [0, 0.05) is 60.8 Å². The number of nitrogens with zero attached hydrogens (tertiary/aromatic N) is 6. The number of anilines is 1. The van der Waals surface area contributed by atoms with Crippen LogP contribution in [-0.2, 0) is 11.3 Å². The molecule has 3 aliphatic rings. The predicted molar refractivity (Wildman–Crippen MR) is 175 cm³/mol. The summed E-state index contributed by atoms with van der Waals surface area (Å²) in [6, 6.07) is 9.36. The van der Waals surface area contributed by atoms with Gasteiger partial charge in [-0.25, -0.2) is 15.0 Å². The lowest BCUT2D eigenvalue weighted by Crippen LogP contribution is -2.53. The minimum atomic E-state index is -0.735. The summed E-state index contributed by atoms with van der Waals surface area (Å²) in [7, 11) is 0. The Bertz CT molecular complexity index is 1410. The summed E-state index contributed by atoms with van der Waals surface area (Å²) in [5.41, 5.74) is 2.46. The van der Waals surface area contributed by atoms with Gasteiger partial charge >= 0.3 is 5.97 Å². The number of carboxylic acid groups (broad SMARTS) is 1. The van der Waals surface area contributed by atoms with E-state index in [9.17, 15) is 9.90 Å². The van der Waals surface area contributed by atoms with Gasteiger partial charge in [0.15, 0.2) is 5.75 Å². The van der Waals surface area contributed by atoms with Crippen LogP contribution in [0.4, 0.5) is 5.95 Å². The summed E-state index contributed by atoms with van der Waals surface area (Å²) in [4.78, 5) is 31.8. The van der Waals surface area contributed by atoms with Gasteiger partial charge < -0.3 is 19.8 Å². The topological polar surface area (TPSA) is 115 Å². The molecule has 6 rings (SSSR count). The highest BCUT2D eigenvalue weighted by molar-refractivity contribution is 6.35. The number of carbonyl (C=O) groups is 1. The lowest BCUT2D eigenvalue weighted by molar-refractivity contribution is -0.138. The van der Waals surface area contributed by atoms with Crippen LogP contribution in [0.5, 0.6) is 11.6 Å². The minimum Gasteiger partial charge on any atom is -0.481 e. The molecule has 2 atom stereocenters. The van der Waals surface area contributed by atoms with Crippen molar-refractivity contribution in [1.82, 2.24) is 24.8 Å². The third-order valence-electron chi connectivity index (χ3n) is 8.41. The number of likely N-dealkylation sites (tertiary alicyclic amines) is 1. The normalized spacial score (nSPS) is 20.8. The number of pyridine rings is 1. The van der Waals surface area contributed by atoms with E-state index in [-0.39, 0.29) is 49.3 Å². The molecule has 0 aliphatic carbocycles. The second-order valence-electron chi connectivity index (χ2n) is 11.4. The predicted octanol–water partition coefficient (Wildman–Crippen LogP) is 5.42. The van der Waals surface area contributed by atoms with Crippen LogP contribution < -0.4 is 9.64 Å². The zero-order valence-corrected chi connectivity index (χ0v) is 27.2. The maximum Gasteiger partial charge on any atom is 0.303 e. The van der Waals surface area contributed by atoms with E-state index in [1.54, 1.807) is 18.5 Å². The van der Waals surface area contributed by atoms with E-state index in [0.717, 1.165) is 63.1 Å². The Morgan fingerprint density at radius 3 is 2.32 bits per heavy atom. The molecule has 0 amide bonds. The van der Waals surface area contributed by atoms with E-state index in [1.807, 2.05) is 24.3 Å². The van der Waals surface area contributed by atoms with Crippen molar-refractivity contribution in [1.29, 1.82) is 0 Å². The molecule has 0 bridgehead atoms. The van der Waals surface area contributed by atoms with Crippen LogP contribution in [0.25, 0.3) is 11.3 Å². The molecule has 2 aromatic heterocycles. The van der Waals surface area contributed by atoms with Crippen molar-refractivity contribution in [2.45, 2.75) is 44.4 Å². The van der Waals surface area contributed by atoms with Gasteiger partial charge in [-0.05, 0) is 68.1 Å². The zero-order chi connectivity index (χ0) is 29.2. The Kier molecular flexibility index (Phi) is 11.9. The van der Waals surface area contributed by atoms with Crippen molar-refractivity contribution in [2.75, 3.05) is 44.2 Å². The van der Waals surface area contributed by atoms with E-state index in [1.165, 1.54) is 0 Å². The van der Waals surface area contributed by atoms with Gasteiger partial charge in [-0.2, -0.15) is 0 Å².